The lowest BCUT2D eigenvalue weighted by atomic mass is 10.1. The lowest BCUT2D eigenvalue weighted by Crippen LogP contribution is -2.40. The van der Waals surface area contributed by atoms with Crippen molar-refractivity contribution in [2.75, 3.05) is 38.2 Å². The fraction of sp³-hybridized carbons (Fsp3) is 0.217. The number of ether oxygens (including phenoxy) is 2. The summed E-state index contributed by atoms with van der Waals surface area (Å²) in [6.45, 7) is 1.20. The topological polar surface area (TPSA) is 97.0 Å². The molecular formula is C23H22BrN3O5S2. The predicted octanol–water partition coefficient (Wildman–Crippen LogP) is 3.52. The van der Waals surface area contributed by atoms with Gasteiger partial charge < -0.3 is 14.8 Å². The average molecular weight is 564 g/mol. The van der Waals surface area contributed by atoms with Crippen LogP contribution in [0.1, 0.15) is 0 Å². The summed E-state index contributed by atoms with van der Waals surface area (Å²) in [5, 5.41) is 7.54. The average Bonchev–Trinajstić information content (AvgIpc) is 2.84. The van der Waals surface area contributed by atoms with Gasteiger partial charge in [0.05, 0.1) is 22.6 Å². The van der Waals surface area contributed by atoms with Crippen molar-refractivity contribution in [3.63, 3.8) is 0 Å². The van der Waals surface area contributed by atoms with Crippen LogP contribution in [0.15, 0.2) is 70.0 Å². The highest BCUT2D eigenvalue weighted by molar-refractivity contribution is 9.10. The van der Waals surface area contributed by atoms with Crippen molar-refractivity contribution in [1.82, 2.24) is 9.62 Å². The summed E-state index contributed by atoms with van der Waals surface area (Å²) in [7, 11) is -3.57. The lowest BCUT2D eigenvalue weighted by Gasteiger charge is -2.26. The van der Waals surface area contributed by atoms with Crippen LogP contribution in [0.3, 0.4) is 0 Å². The van der Waals surface area contributed by atoms with Crippen molar-refractivity contribution in [2.45, 2.75) is 4.90 Å². The molecule has 11 heteroatoms. The number of anilines is 1. The summed E-state index contributed by atoms with van der Waals surface area (Å²) in [4.78, 5) is 12.5. The second-order valence-corrected chi connectivity index (χ2v) is 10.6. The van der Waals surface area contributed by atoms with Crippen LogP contribution in [0.25, 0.3) is 10.8 Å². The number of nitrogens with one attached hydrogen (secondary N) is 2. The van der Waals surface area contributed by atoms with Gasteiger partial charge in [-0.25, -0.2) is 8.42 Å². The van der Waals surface area contributed by atoms with Gasteiger partial charge >= 0.3 is 0 Å². The molecule has 0 saturated carbocycles. The van der Waals surface area contributed by atoms with E-state index in [0.29, 0.717) is 37.7 Å². The molecule has 0 atom stereocenters. The van der Waals surface area contributed by atoms with Gasteiger partial charge in [0.25, 0.3) is 5.91 Å². The number of thiocarbonyl (C=S) groups is 1. The number of amides is 1. The number of morpholine rings is 1. The van der Waals surface area contributed by atoms with E-state index >= 15 is 0 Å². The summed E-state index contributed by atoms with van der Waals surface area (Å²) in [6, 6.07) is 17.7. The molecule has 4 rings (SSSR count). The Bertz CT molecular complexity index is 1310. The SMILES string of the molecule is O=C(COc1ccc2ccccc2c1Br)NC(=S)Nc1ccc(S(=O)(=O)N2CCOCC2)cc1. The number of carbonyl (C=O) groups excluding carboxylic acids is 1. The number of hydrogen-bond donors (Lipinski definition) is 2. The third-order valence-corrected chi connectivity index (χ3v) is 8.09. The van der Waals surface area contributed by atoms with E-state index in [4.69, 9.17) is 21.7 Å². The quantitative estimate of drug-likeness (QED) is 0.443. The molecule has 34 heavy (non-hydrogen) atoms. The first-order chi connectivity index (χ1) is 16.3. The van der Waals surface area contributed by atoms with Gasteiger partial charge in [0.2, 0.25) is 10.0 Å². The Morgan fingerprint density at radius 2 is 1.76 bits per heavy atom. The highest BCUT2D eigenvalue weighted by Gasteiger charge is 2.26. The molecule has 8 nitrogen and oxygen atoms in total. The Labute approximate surface area is 211 Å². The van der Waals surface area contributed by atoms with Crippen LogP contribution in [0.4, 0.5) is 5.69 Å². The van der Waals surface area contributed by atoms with Gasteiger partial charge in [-0.15, -0.1) is 0 Å². The van der Waals surface area contributed by atoms with Crippen LogP contribution in [-0.2, 0) is 19.6 Å². The molecule has 2 N–H and O–H groups in total. The fourth-order valence-corrected chi connectivity index (χ4v) is 5.69. The van der Waals surface area contributed by atoms with Crippen molar-refractivity contribution in [1.29, 1.82) is 0 Å². The molecule has 0 aromatic heterocycles. The first-order valence-corrected chi connectivity index (χ1v) is 13.1. The van der Waals surface area contributed by atoms with Crippen LogP contribution >= 0.6 is 28.1 Å². The highest BCUT2D eigenvalue weighted by atomic mass is 79.9. The van der Waals surface area contributed by atoms with Gasteiger partial charge in [-0.3, -0.25) is 10.1 Å². The number of fused-ring (bicyclic) bond motifs is 1. The maximum atomic E-state index is 12.7. The summed E-state index contributed by atoms with van der Waals surface area (Å²) >= 11 is 8.72. The molecule has 0 radical (unpaired) electrons. The Balaban J connectivity index is 1.30. The minimum absolute atomic E-state index is 0.0787. The van der Waals surface area contributed by atoms with E-state index in [1.165, 1.54) is 16.4 Å². The third-order valence-electron chi connectivity index (χ3n) is 5.16. The van der Waals surface area contributed by atoms with E-state index in [1.807, 2.05) is 30.3 Å². The van der Waals surface area contributed by atoms with Crippen LogP contribution in [0.2, 0.25) is 0 Å². The second kappa shape index (κ2) is 10.8. The number of nitrogens with zero attached hydrogens (tertiary/aromatic N) is 1. The lowest BCUT2D eigenvalue weighted by molar-refractivity contribution is -0.121. The summed E-state index contributed by atoms with van der Waals surface area (Å²) in [6.07, 6.45) is 0. The molecule has 3 aromatic rings. The van der Waals surface area contributed by atoms with Crippen molar-refractivity contribution in [3.05, 3.63) is 65.1 Å². The van der Waals surface area contributed by atoms with E-state index in [2.05, 4.69) is 26.6 Å². The molecule has 1 saturated heterocycles. The van der Waals surface area contributed by atoms with E-state index in [9.17, 15) is 13.2 Å². The highest BCUT2D eigenvalue weighted by Crippen LogP contribution is 2.33. The van der Waals surface area contributed by atoms with E-state index in [0.717, 1.165) is 15.2 Å². The van der Waals surface area contributed by atoms with Crippen LogP contribution in [-0.4, -0.2) is 56.7 Å². The molecular weight excluding hydrogens is 542 g/mol. The van der Waals surface area contributed by atoms with E-state index in [-0.39, 0.29) is 16.6 Å². The summed E-state index contributed by atoms with van der Waals surface area (Å²) in [5.41, 5.74) is 0.546. The summed E-state index contributed by atoms with van der Waals surface area (Å²) < 4.78 is 38.4. The standard InChI is InChI=1S/C23H22BrN3O5S2/c24-22-19-4-2-1-3-16(19)5-10-20(22)32-15-21(28)26-23(33)25-17-6-8-18(9-7-17)34(29,30)27-11-13-31-14-12-27/h1-10H,11-15H2,(H2,25,26,28,33). The van der Waals surface area contributed by atoms with Gasteiger partial charge in [-0.05, 0) is 69.3 Å². The zero-order valence-electron chi connectivity index (χ0n) is 18.0. The first-order valence-electron chi connectivity index (χ1n) is 10.4. The third kappa shape index (κ3) is 5.73. The fourth-order valence-electron chi connectivity index (χ4n) is 3.44. The molecule has 178 valence electrons. The number of sulfonamides is 1. The van der Waals surface area contributed by atoms with Gasteiger partial charge in [0, 0.05) is 18.8 Å². The Morgan fingerprint density at radius 3 is 2.50 bits per heavy atom. The number of benzene rings is 3. The van der Waals surface area contributed by atoms with Crippen LogP contribution in [0, 0.1) is 0 Å². The molecule has 0 spiro atoms. The first kappa shape index (κ1) is 24.6. The van der Waals surface area contributed by atoms with Gasteiger partial charge in [-0.2, -0.15) is 4.31 Å². The monoisotopic (exact) mass is 563 g/mol. The zero-order chi connectivity index (χ0) is 24.1. The Hall–Kier alpha value is -2.57. The molecule has 0 unspecified atom stereocenters. The van der Waals surface area contributed by atoms with Crippen molar-refractivity contribution >= 4 is 65.7 Å². The minimum Gasteiger partial charge on any atom is -0.483 e. The van der Waals surface area contributed by atoms with Gasteiger partial charge in [0.15, 0.2) is 11.7 Å². The molecule has 0 aliphatic carbocycles. The van der Waals surface area contributed by atoms with Gasteiger partial charge in [0.1, 0.15) is 5.75 Å². The molecule has 1 aliphatic rings. The predicted molar refractivity (Wildman–Crippen MR) is 138 cm³/mol. The second-order valence-electron chi connectivity index (χ2n) is 7.43. The molecule has 1 fully saturated rings. The molecule has 1 amide bonds. The van der Waals surface area contributed by atoms with E-state index < -0.39 is 15.9 Å². The van der Waals surface area contributed by atoms with E-state index in [1.54, 1.807) is 18.2 Å². The maximum absolute atomic E-state index is 12.7. The van der Waals surface area contributed by atoms with Gasteiger partial charge in [-0.1, -0.05) is 30.3 Å². The molecule has 1 heterocycles. The van der Waals surface area contributed by atoms with Crippen molar-refractivity contribution in [3.8, 4) is 5.75 Å². The minimum atomic E-state index is -3.57. The largest absolute Gasteiger partial charge is 0.483 e. The number of rotatable bonds is 6. The smallest absolute Gasteiger partial charge is 0.264 e. The molecule has 0 bridgehead atoms. The molecule has 1 aliphatic heterocycles. The normalized spacial score (nSPS) is 14.5. The number of hydrogen-bond acceptors (Lipinski definition) is 6. The molecule has 3 aromatic carbocycles. The zero-order valence-corrected chi connectivity index (χ0v) is 21.2. The van der Waals surface area contributed by atoms with Crippen molar-refractivity contribution < 1.29 is 22.7 Å². The van der Waals surface area contributed by atoms with Crippen LogP contribution in [0.5, 0.6) is 5.75 Å². The summed E-state index contributed by atoms with van der Waals surface area (Å²) in [5.74, 6) is 0.119. The maximum Gasteiger partial charge on any atom is 0.264 e. The number of halogens is 1. The van der Waals surface area contributed by atoms with Crippen LogP contribution < -0.4 is 15.4 Å². The van der Waals surface area contributed by atoms with Crippen molar-refractivity contribution in [2.24, 2.45) is 0 Å². The Morgan fingerprint density at radius 1 is 1.06 bits per heavy atom. The number of carbonyl (C=O) groups is 1. The Kier molecular flexibility index (Phi) is 7.79.